The molecule has 3 aliphatic heterocycles. The normalized spacial score (nSPS) is 26.2. The monoisotopic (exact) mass is 440 g/mol. The molecule has 3 aliphatic rings. The highest BCUT2D eigenvalue weighted by atomic mass is 16.2. The van der Waals surface area contributed by atoms with Gasteiger partial charge in [-0.1, -0.05) is 32.4 Å². The highest BCUT2D eigenvalue weighted by Crippen LogP contribution is 2.30. The van der Waals surface area contributed by atoms with Gasteiger partial charge in [-0.15, -0.1) is 0 Å². The predicted octanol–water partition coefficient (Wildman–Crippen LogP) is 3.40. The van der Waals surface area contributed by atoms with E-state index in [0.29, 0.717) is 36.5 Å². The summed E-state index contributed by atoms with van der Waals surface area (Å²) in [5.41, 5.74) is 1.72. The molecule has 0 bridgehead atoms. The number of benzene rings is 1. The average Bonchev–Trinajstić information content (AvgIpc) is 3.09. The van der Waals surface area contributed by atoms with Crippen LogP contribution < -0.4 is 15.5 Å². The number of hydrogen-bond donors (Lipinski definition) is 2. The number of imide groups is 1. The molecule has 2 N–H and O–H groups in total. The molecule has 0 aromatic heterocycles. The van der Waals surface area contributed by atoms with Crippen LogP contribution in [-0.4, -0.2) is 54.5 Å². The van der Waals surface area contributed by atoms with E-state index >= 15 is 0 Å². The second kappa shape index (κ2) is 10.0. The number of hydrogen-bond acceptors (Lipinski definition) is 4. The van der Waals surface area contributed by atoms with E-state index in [1.54, 1.807) is 12.1 Å². The molecule has 1 aromatic carbocycles. The molecular formula is C25H36N4O3. The van der Waals surface area contributed by atoms with Gasteiger partial charge in [-0.2, -0.15) is 0 Å². The van der Waals surface area contributed by atoms with Crippen LogP contribution in [0, 0.1) is 5.92 Å². The zero-order valence-corrected chi connectivity index (χ0v) is 19.3. The fourth-order valence-corrected chi connectivity index (χ4v) is 5.40. The van der Waals surface area contributed by atoms with E-state index in [4.69, 9.17) is 0 Å². The SMILES string of the molecule is CC(C)c1ccc(N2C(=O)N[C@H](CCC(=O)NC[C@H]3CCCN4CCCC[C@H]34)C2=O)cc1. The maximum Gasteiger partial charge on any atom is 0.329 e. The largest absolute Gasteiger partial charge is 0.356 e. The fraction of sp³-hybridized carbons (Fsp3) is 0.640. The predicted molar refractivity (Wildman–Crippen MR) is 125 cm³/mol. The van der Waals surface area contributed by atoms with Gasteiger partial charge in [0, 0.05) is 19.0 Å². The summed E-state index contributed by atoms with van der Waals surface area (Å²) in [5, 5.41) is 5.83. The van der Waals surface area contributed by atoms with Gasteiger partial charge < -0.3 is 15.5 Å². The van der Waals surface area contributed by atoms with Gasteiger partial charge in [0.2, 0.25) is 5.91 Å². The molecule has 7 heteroatoms. The lowest BCUT2D eigenvalue weighted by molar-refractivity contribution is -0.122. The molecule has 0 aliphatic carbocycles. The number of nitrogens with zero attached hydrogens (tertiary/aromatic N) is 2. The van der Waals surface area contributed by atoms with Crippen LogP contribution in [0.3, 0.4) is 0 Å². The van der Waals surface area contributed by atoms with Crippen molar-refractivity contribution >= 4 is 23.5 Å². The minimum absolute atomic E-state index is 0.0419. The molecule has 0 unspecified atom stereocenters. The van der Waals surface area contributed by atoms with Crippen molar-refractivity contribution in [1.82, 2.24) is 15.5 Å². The molecule has 0 saturated carbocycles. The third-order valence-corrected chi connectivity index (χ3v) is 7.29. The van der Waals surface area contributed by atoms with Crippen molar-refractivity contribution < 1.29 is 14.4 Å². The van der Waals surface area contributed by atoms with Crippen LogP contribution in [0.25, 0.3) is 0 Å². The number of anilines is 1. The first-order valence-corrected chi connectivity index (χ1v) is 12.2. The van der Waals surface area contributed by atoms with Crippen molar-refractivity contribution in [3.05, 3.63) is 29.8 Å². The third-order valence-electron chi connectivity index (χ3n) is 7.29. The van der Waals surface area contributed by atoms with Crippen molar-refractivity contribution in [2.24, 2.45) is 5.92 Å². The zero-order chi connectivity index (χ0) is 22.7. The maximum absolute atomic E-state index is 12.8. The van der Waals surface area contributed by atoms with Crippen LogP contribution in [0.1, 0.15) is 70.3 Å². The summed E-state index contributed by atoms with van der Waals surface area (Å²) in [6.07, 6.45) is 6.73. The summed E-state index contributed by atoms with van der Waals surface area (Å²) < 4.78 is 0. The summed E-state index contributed by atoms with van der Waals surface area (Å²) >= 11 is 0. The van der Waals surface area contributed by atoms with E-state index in [1.165, 1.54) is 50.1 Å². The highest BCUT2D eigenvalue weighted by Gasteiger charge is 2.39. The quantitative estimate of drug-likeness (QED) is 0.637. The lowest BCUT2D eigenvalue weighted by Crippen LogP contribution is -2.51. The average molecular weight is 441 g/mol. The third kappa shape index (κ3) is 4.98. The second-order valence-electron chi connectivity index (χ2n) is 9.77. The van der Waals surface area contributed by atoms with Crippen LogP contribution in [0.2, 0.25) is 0 Å². The Morgan fingerprint density at radius 3 is 2.59 bits per heavy atom. The molecule has 3 fully saturated rings. The van der Waals surface area contributed by atoms with Gasteiger partial charge in [0.05, 0.1) is 5.69 Å². The molecule has 0 radical (unpaired) electrons. The van der Waals surface area contributed by atoms with E-state index in [9.17, 15) is 14.4 Å². The van der Waals surface area contributed by atoms with Crippen molar-refractivity contribution in [1.29, 1.82) is 0 Å². The molecule has 3 saturated heterocycles. The van der Waals surface area contributed by atoms with E-state index in [1.807, 2.05) is 12.1 Å². The molecule has 3 heterocycles. The van der Waals surface area contributed by atoms with Crippen molar-refractivity contribution in [2.75, 3.05) is 24.5 Å². The van der Waals surface area contributed by atoms with Gasteiger partial charge in [-0.05, 0) is 74.7 Å². The minimum Gasteiger partial charge on any atom is -0.356 e. The van der Waals surface area contributed by atoms with Crippen LogP contribution in [0.5, 0.6) is 0 Å². The number of nitrogens with one attached hydrogen (secondary N) is 2. The number of fused-ring (bicyclic) bond motifs is 1. The number of urea groups is 1. The summed E-state index contributed by atoms with van der Waals surface area (Å²) in [4.78, 5) is 41.5. The van der Waals surface area contributed by atoms with Crippen LogP contribution >= 0.6 is 0 Å². The number of amides is 4. The molecule has 0 spiro atoms. The molecule has 1 aromatic rings. The Morgan fingerprint density at radius 1 is 1.09 bits per heavy atom. The number of rotatable bonds is 7. The lowest BCUT2D eigenvalue weighted by Gasteiger charge is -2.44. The smallest absolute Gasteiger partial charge is 0.329 e. The van der Waals surface area contributed by atoms with Crippen molar-refractivity contribution in [3.63, 3.8) is 0 Å². The van der Waals surface area contributed by atoms with Crippen LogP contribution in [0.4, 0.5) is 10.5 Å². The highest BCUT2D eigenvalue weighted by molar-refractivity contribution is 6.21. The van der Waals surface area contributed by atoms with Crippen molar-refractivity contribution in [3.8, 4) is 0 Å². The van der Waals surface area contributed by atoms with Gasteiger partial charge in [0.25, 0.3) is 5.91 Å². The number of carbonyl (C=O) groups excluding carboxylic acids is 3. The van der Waals surface area contributed by atoms with Crippen molar-refractivity contribution in [2.45, 2.75) is 76.8 Å². The van der Waals surface area contributed by atoms with E-state index in [-0.39, 0.29) is 18.2 Å². The molecule has 4 amide bonds. The van der Waals surface area contributed by atoms with Gasteiger partial charge in [0.1, 0.15) is 6.04 Å². The molecule has 174 valence electrons. The first kappa shape index (κ1) is 22.8. The van der Waals surface area contributed by atoms with Gasteiger partial charge >= 0.3 is 6.03 Å². The summed E-state index contributed by atoms with van der Waals surface area (Å²) in [7, 11) is 0. The van der Waals surface area contributed by atoms with Crippen LogP contribution in [0.15, 0.2) is 24.3 Å². The van der Waals surface area contributed by atoms with E-state index < -0.39 is 12.1 Å². The Labute approximate surface area is 190 Å². The summed E-state index contributed by atoms with van der Waals surface area (Å²) in [6.45, 7) is 7.29. The van der Waals surface area contributed by atoms with Crippen LogP contribution in [-0.2, 0) is 9.59 Å². The summed E-state index contributed by atoms with van der Waals surface area (Å²) in [5.74, 6) is 0.572. The summed E-state index contributed by atoms with van der Waals surface area (Å²) in [6, 6.07) is 7.03. The topological polar surface area (TPSA) is 81.8 Å². The van der Waals surface area contributed by atoms with E-state index in [0.717, 1.165) is 5.56 Å². The van der Waals surface area contributed by atoms with Gasteiger partial charge in [0.15, 0.2) is 0 Å². The standard InChI is InChI=1S/C25H36N4O3/c1-17(2)18-8-10-20(11-9-18)29-24(31)21(27-25(29)32)12-13-23(30)26-16-19-6-5-15-28-14-4-3-7-22(19)28/h8-11,17,19,21-22H,3-7,12-16H2,1-2H3,(H,26,30)(H,27,32)/t19-,21-,22-/m1/s1. The first-order chi connectivity index (χ1) is 15.4. The molecule has 4 rings (SSSR count). The molecular weight excluding hydrogens is 404 g/mol. The Bertz CT molecular complexity index is 836. The molecule has 3 atom stereocenters. The second-order valence-corrected chi connectivity index (χ2v) is 9.77. The van der Waals surface area contributed by atoms with Gasteiger partial charge in [-0.25, -0.2) is 9.69 Å². The Hall–Kier alpha value is -2.41. The lowest BCUT2D eigenvalue weighted by atomic mass is 9.83. The number of carbonyl (C=O) groups is 3. The fourth-order valence-electron chi connectivity index (χ4n) is 5.40. The first-order valence-electron chi connectivity index (χ1n) is 12.2. The zero-order valence-electron chi connectivity index (χ0n) is 19.3. The number of piperidine rings is 2. The van der Waals surface area contributed by atoms with Gasteiger partial charge in [-0.3, -0.25) is 9.59 Å². The van der Waals surface area contributed by atoms with E-state index in [2.05, 4.69) is 29.4 Å². The Morgan fingerprint density at radius 2 is 1.84 bits per heavy atom. The molecule has 7 nitrogen and oxygen atoms in total. The Balaban J connectivity index is 1.26. The maximum atomic E-state index is 12.8. The minimum atomic E-state index is -0.651. The Kier molecular flexibility index (Phi) is 7.13. The molecule has 32 heavy (non-hydrogen) atoms.